The minimum atomic E-state index is -0.567. The van der Waals surface area contributed by atoms with Crippen LogP contribution in [-0.4, -0.2) is 45.4 Å². The molecule has 28 heavy (non-hydrogen) atoms. The van der Waals surface area contributed by atoms with Gasteiger partial charge in [0.15, 0.2) is 18.1 Å². The number of esters is 1. The molecular weight excluding hydrogens is 366 g/mol. The molecule has 8 nitrogen and oxygen atoms in total. The van der Waals surface area contributed by atoms with Gasteiger partial charge in [-0.2, -0.15) is 0 Å². The zero-order chi connectivity index (χ0) is 20.1. The largest absolute Gasteiger partial charge is 0.493 e. The molecule has 150 valence electrons. The summed E-state index contributed by atoms with van der Waals surface area (Å²) in [5, 5.41) is 0. The Bertz CT molecular complexity index is 906. The third kappa shape index (κ3) is 4.45. The smallest absolute Gasteiger partial charge is 0.343 e. The molecule has 2 heterocycles. The average molecular weight is 389 g/mol. The second-order valence-corrected chi connectivity index (χ2v) is 6.38. The second-order valence-electron chi connectivity index (χ2n) is 6.38. The van der Waals surface area contributed by atoms with Crippen LogP contribution >= 0.6 is 0 Å². The molecule has 1 aromatic carbocycles. The van der Waals surface area contributed by atoms with Crippen molar-refractivity contribution in [3.05, 3.63) is 51.6 Å². The van der Waals surface area contributed by atoms with Crippen LogP contribution in [0.25, 0.3) is 0 Å². The molecule has 3 rings (SSSR count). The van der Waals surface area contributed by atoms with E-state index in [2.05, 4.69) is 9.64 Å². The molecular formula is C20H23NO7. The molecule has 0 atom stereocenters. The highest BCUT2D eigenvalue weighted by Crippen LogP contribution is 2.33. The number of carbonyl (C=O) groups is 1. The SMILES string of the molecule is COC(=O)COc1coc(CN2CCc3cc(OC)c(OC)cc3C2)cc1=O. The van der Waals surface area contributed by atoms with Crippen molar-refractivity contribution in [3.63, 3.8) is 0 Å². The first-order chi connectivity index (χ1) is 13.5. The number of fused-ring (bicyclic) bond motifs is 1. The zero-order valence-corrected chi connectivity index (χ0v) is 16.1. The summed E-state index contributed by atoms with van der Waals surface area (Å²) >= 11 is 0. The normalized spacial score (nSPS) is 13.5. The van der Waals surface area contributed by atoms with Gasteiger partial charge in [0, 0.05) is 19.2 Å². The van der Waals surface area contributed by atoms with E-state index in [0.29, 0.717) is 24.6 Å². The lowest BCUT2D eigenvalue weighted by Crippen LogP contribution is -2.30. The third-order valence-electron chi connectivity index (χ3n) is 4.60. The Morgan fingerprint density at radius 1 is 1.07 bits per heavy atom. The van der Waals surface area contributed by atoms with Crippen molar-refractivity contribution in [2.75, 3.05) is 34.5 Å². The number of carbonyl (C=O) groups excluding carboxylic acids is 1. The van der Waals surface area contributed by atoms with E-state index in [1.165, 1.54) is 25.0 Å². The number of ether oxygens (including phenoxy) is 4. The van der Waals surface area contributed by atoms with Gasteiger partial charge in [0.25, 0.3) is 0 Å². The minimum Gasteiger partial charge on any atom is -0.493 e. The van der Waals surface area contributed by atoms with Crippen LogP contribution in [0, 0.1) is 0 Å². The molecule has 0 fully saturated rings. The Labute approximate surface area is 162 Å². The predicted octanol–water partition coefficient (Wildman–Crippen LogP) is 1.77. The van der Waals surface area contributed by atoms with Gasteiger partial charge in [0.05, 0.1) is 27.9 Å². The molecule has 0 saturated heterocycles. The first-order valence-electron chi connectivity index (χ1n) is 8.81. The van der Waals surface area contributed by atoms with E-state index in [-0.39, 0.29) is 17.8 Å². The van der Waals surface area contributed by atoms with Gasteiger partial charge in [-0.3, -0.25) is 9.69 Å². The van der Waals surface area contributed by atoms with Crippen LogP contribution in [0.5, 0.6) is 17.2 Å². The number of methoxy groups -OCH3 is 3. The number of benzene rings is 1. The second kappa shape index (κ2) is 8.79. The number of hydrogen-bond acceptors (Lipinski definition) is 8. The monoisotopic (exact) mass is 389 g/mol. The molecule has 0 radical (unpaired) electrons. The van der Waals surface area contributed by atoms with Gasteiger partial charge < -0.3 is 23.4 Å². The molecule has 0 saturated carbocycles. The summed E-state index contributed by atoms with van der Waals surface area (Å²) in [6, 6.07) is 5.38. The van der Waals surface area contributed by atoms with E-state index in [1.807, 2.05) is 12.1 Å². The summed E-state index contributed by atoms with van der Waals surface area (Å²) in [5.74, 6) is 1.36. The first-order valence-corrected chi connectivity index (χ1v) is 8.81. The quantitative estimate of drug-likeness (QED) is 0.662. The van der Waals surface area contributed by atoms with Crippen molar-refractivity contribution < 1.29 is 28.2 Å². The minimum absolute atomic E-state index is 0.0185. The highest BCUT2D eigenvalue weighted by Gasteiger charge is 2.20. The maximum atomic E-state index is 12.1. The number of rotatable bonds is 7. The molecule has 1 aliphatic heterocycles. The Morgan fingerprint density at radius 2 is 1.79 bits per heavy atom. The zero-order valence-electron chi connectivity index (χ0n) is 16.1. The summed E-state index contributed by atoms with van der Waals surface area (Å²) in [5.41, 5.74) is 2.04. The Hall–Kier alpha value is -3.00. The van der Waals surface area contributed by atoms with E-state index in [9.17, 15) is 9.59 Å². The Balaban J connectivity index is 1.68. The highest BCUT2D eigenvalue weighted by molar-refractivity contribution is 5.70. The standard InChI is InChI=1S/C20H23NO7/c1-24-17-6-13-4-5-21(9-14(13)7-18(17)25-2)10-15-8-16(22)19(11-27-15)28-12-20(23)26-3/h6-8,11H,4-5,9-10,12H2,1-3H3. The molecule has 0 bridgehead atoms. The van der Waals surface area contributed by atoms with Crippen LogP contribution in [0.4, 0.5) is 0 Å². The number of hydrogen-bond donors (Lipinski definition) is 0. The molecule has 0 aliphatic carbocycles. The molecule has 2 aromatic rings. The van der Waals surface area contributed by atoms with E-state index in [4.69, 9.17) is 18.6 Å². The summed E-state index contributed by atoms with van der Waals surface area (Å²) in [4.78, 5) is 25.4. The lowest BCUT2D eigenvalue weighted by atomic mass is 9.98. The van der Waals surface area contributed by atoms with Crippen molar-refractivity contribution >= 4 is 5.97 Å². The lowest BCUT2D eigenvalue weighted by Gasteiger charge is -2.29. The molecule has 1 aliphatic rings. The van der Waals surface area contributed by atoms with Gasteiger partial charge in [0.1, 0.15) is 12.0 Å². The first kappa shape index (κ1) is 19.8. The van der Waals surface area contributed by atoms with Gasteiger partial charge >= 0.3 is 5.97 Å². The van der Waals surface area contributed by atoms with Crippen LogP contribution < -0.4 is 19.6 Å². The van der Waals surface area contributed by atoms with Crippen molar-refractivity contribution in [3.8, 4) is 17.2 Å². The highest BCUT2D eigenvalue weighted by atomic mass is 16.6. The van der Waals surface area contributed by atoms with E-state index in [1.54, 1.807) is 14.2 Å². The van der Waals surface area contributed by atoms with Crippen LogP contribution in [0.2, 0.25) is 0 Å². The molecule has 0 unspecified atom stereocenters. The van der Waals surface area contributed by atoms with E-state index < -0.39 is 5.97 Å². The number of nitrogens with zero attached hydrogens (tertiary/aromatic N) is 1. The van der Waals surface area contributed by atoms with Gasteiger partial charge in [-0.05, 0) is 29.7 Å². The van der Waals surface area contributed by atoms with Crippen LogP contribution in [-0.2, 0) is 29.0 Å². The third-order valence-corrected chi connectivity index (χ3v) is 4.60. The average Bonchev–Trinajstić information content (AvgIpc) is 2.71. The van der Waals surface area contributed by atoms with Gasteiger partial charge in [0.2, 0.25) is 11.2 Å². The van der Waals surface area contributed by atoms with Crippen molar-refractivity contribution in [2.24, 2.45) is 0 Å². The van der Waals surface area contributed by atoms with Gasteiger partial charge in [-0.1, -0.05) is 0 Å². The maximum absolute atomic E-state index is 12.1. The van der Waals surface area contributed by atoms with Crippen LogP contribution in [0.3, 0.4) is 0 Å². The van der Waals surface area contributed by atoms with Crippen molar-refractivity contribution in [1.29, 1.82) is 0 Å². The fraction of sp³-hybridized carbons (Fsp3) is 0.400. The van der Waals surface area contributed by atoms with E-state index in [0.717, 1.165) is 24.3 Å². The lowest BCUT2D eigenvalue weighted by molar-refractivity contribution is -0.142. The van der Waals surface area contributed by atoms with Crippen molar-refractivity contribution in [2.45, 2.75) is 19.5 Å². The summed E-state index contributed by atoms with van der Waals surface area (Å²) in [7, 11) is 4.49. The van der Waals surface area contributed by atoms with E-state index >= 15 is 0 Å². The van der Waals surface area contributed by atoms with Gasteiger partial charge in [-0.15, -0.1) is 0 Å². The molecule has 8 heteroatoms. The molecule has 1 aromatic heterocycles. The molecule has 0 amide bonds. The topological polar surface area (TPSA) is 87.4 Å². The summed E-state index contributed by atoms with van der Waals surface area (Å²) in [6.07, 6.45) is 2.09. The van der Waals surface area contributed by atoms with Crippen LogP contribution in [0.15, 0.2) is 33.7 Å². The molecule has 0 spiro atoms. The Kier molecular flexibility index (Phi) is 6.20. The molecule has 0 N–H and O–H groups in total. The fourth-order valence-corrected chi connectivity index (χ4v) is 3.12. The Morgan fingerprint density at radius 3 is 2.43 bits per heavy atom. The van der Waals surface area contributed by atoms with Crippen LogP contribution in [0.1, 0.15) is 16.9 Å². The fourth-order valence-electron chi connectivity index (χ4n) is 3.12. The summed E-state index contributed by atoms with van der Waals surface area (Å²) in [6.45, 7) is 1.68. The van der Waals surface area contributed by atoms with Gasteiger partial charge in [-0.25, -0.2) is 4.79 Å². The van der Waals surface area contributed by atoms with Crippen molar-refractivity contribution in [1.82, 2.24) is 4.90 Å². The maximum Gasteiger partial charge on any atom is 0.343 e. The predicted molar refractivity (Wildman–Crippen MR) is 99.9 cm³/mol. The summed E-state index contributed by atoms with van der Waals surface area (Å²) < 4.78 is 25.8.